The van der Waals surface area contributed by atoms with E-state index in [4.69, 9.17) is 14.0 Å². The third-order valence-electron chi connectivity index (χ3n) is 3.21. The highest BCUT2D eigenvalue weighted by molar-refractivity contribution is 7.81. The van der Waals surface area contributed by atoms with Gasteiger partial charge in [-0.15, -0.1) is 0 Å². The molecule has 0 saturated carbocycles. The molecule has 7 nitrogen and oxygen atoms in total. The highest BCUT2D eigenvalue weighted by Gasteiger charge is 2.09. The van der Waals surface area contributed by atoms with E-state index in [1.54, 1.807) is 36.4 Å². The second kappa shape index (κ2) is 7.70. The van der Waals surface area contributed by atoms with E-state index in [1.807, 2.05) is 0 Å². The first-order valence-electron chi connectivity index (χ1n) is 6.97. The highest BCUT2D eigenvalue weighted by Crippen LogP contribution is 2.31. The summed E-state index contributed by atoms with van der Waals surface area (Å²) < 4.78 is 44.7. The van der Waals surface area contributed by atoms with Crippen LogP contribution in [0.4, 0.5) is 0 Å². The lowest BCUT2D eigenvalue weighted by atomic mass is 10.0. The molecule has 0 aliphatic rings. The molecule has 0 fully saturated rings. The lowest BCUT2D eigenvalue weighted by Gasteiger charge is -2.09. The first-order valence-corrected chi connectivity index (χ1v) is 8.34. The van der Waals surface area contributed by atoms with Crippen LogP contribution in [-0.2, 0) is 10.4 Å². The SMILES string of the molecule is COc1ccc(/C(C#N)=C/c2ccc(OS(=O)(=O)O)cc2)cc1OC. The number of allylic oxidation sites excluding steroid dienone is 1. The highest BCUT2D eigenvalue weighted by atomic mass is 32.3. The Morgan fingerprint density at radius 3 is 2.24 bits per heavy atom. The van der Waals surface area contributed by atoms with E-state index in [9.17, 15) is 13.7 Å². The number of nitrogens with zero attached hydrogens (tertiary/aromatic N) is 1. The standard InChI is InChI=1S/C17H15NO6S/c1-22-16-8-5-13(10-17(16)23-2)14(11-18)9-12-3-6-15(7-4-12)24-25(19,20)21/h3-10H,1-2H3,(H,19,20,21)/b14-9+. The topological polar surface area (TPSA) is 106 Å². The summed E-state index contributed by atoms with van der Waals surface area (Å²) in [5.41, 5.74) is 1.66. The number of hydrogen-bond acceptors (Lipinski definition) is 6. The smallest absolute Gasteiger partial charge is 0.446 e. The molecule has 0 heterocycles. The van der Waals surface area contributed by atoms with Crippen molar-refractivity contribution in [2.24, 2.45) is 0 Å². The fraction of sp³-hybridized carbons (Fsp3) is 0.118. The molecule has 0 radical (unpaired) electrons. The first kappa shape index (κ1) is 18.3. The lowest BCUT2D eigenvalue weighted by molar-refractivity contribution is 0.355. The fourth-order valence-corrected chi connectivity index (χ4v) is 2.45. The van der Waals surface area contributed by atoms with Gasteiger partial charge in [0.2, 0.25) is 0 Å². The number of hydrogen-bond donors (Lipinski definition) is 1. The summed E-state index contributed by atoms with van der Waals surface area (Å²) >= 11 is 0. The van der Waals surface area contributed by atoms with Gasteiger partial charge in [-0.05, 0) is 47.5 Å². The van der Waals surface area contributed by atoms with Gasteiger partial charge in [-0.1, -0.05) is 12.1 Å². The van der Waals surface area contributed by atoms with Crippen molar-refractivity contribution in [3.8, 4) is 23.3 Å². The third-order valence-corrected chi connectivity index (χ3v) is 3.61. The zero-order chi connectivity index (χ0) is 18.4. The average molecular weight is 361 g/mol. The molecule has 0 bridgehead atoms. The Morgan fingerprint density at radius 1 is 1.08 bits per heavy atom. The molecule has 0 unspecified atom stereocenters. The van der Waals surface area contributed by atoms with Gasteiger partial charge in [-0.3, -0.25) is 4.55 Å². The van der Waals surface area contributed by atoms with Crippen molar-refractivity contribution in [3.05, 3.63) is 53.6 Å². The molecule has 0 saturated heterocycles. The summed E-state index contributed by atoms with van der Waals surface area (Å²) in [5, 5.41) is 9.41. The summed E-state index contributed by atoms with van der Waals surface area (Å²) in [6.07, 6.45) is 1.62. The van der Waals surface area contributed by atoms with Crippen LogP contribution >= 0.6 is 0 Å². The average Bonchev–Trinajstić information content (AvgIpc) is 2.59. The Kier molecular flexibility index (Phi) is 5.64. The van der Waals surface area contributed by atoms with Crippen LogP contribution in [-0.4, -0.2) is 27.2 Å². The summed E-state index contributed by atoms with van der Waals surface area (Å²) in [4.78, 5) is 0. The van der Waals surface area contributed by atoms with E-state index in [-0.39, 0.29) is 5.75 Å². The van der Waals surface area contributed by atoms with Crippen LogP contribution in [0.2, 0.25) is 0 Å². The van der Waals surface area contributed by atoms with Gasteiger partial charge in [0.15, 0.2) is 11.5 Å². The second-order valence-electron chi connectivity index (χ2n) is 4.82. The molecule has 0 spiro atoms. The van der Waals surface area contributed by atoms with Crippen LogP contribution in [0.15, 0.2) is 42.5 Å². The maximum absolute atomic E-state index is 10.7. The van der Waals surface area contributed by atoms with Crippen LogP contribution in [0.5, 0.6) is 17.2 Å². The van der Waals surface area contributed by atoms with E-state index >= 15 is 0 Å². The molecule has 25 heavy (non-hydrogen) atoms. The maximum Gasteiger partial charge on any atom is 0.446 e. The second-order valence-corrected chi connectivity index (χ2v) is 5.84. The van der Waals surface area contributed by atoms with Gasteiger partial charge >= 0.3 is 10.4 Å². The van der Waals surface area contributed by atoms with E-state index in [1.165, 1.54) is 26.4 Å². The first-order chi connectivity index (χ1) is 11.9. The van der Waals surface area contributed by atoms with E-state index in [0.717, 1.165) is 0 Å². The Labute approximate surface area is 145 Å². The molecule has 0 aliphatic carbocycles. The molecular formula is C17H15NO6S. The minimum absolute atomic E-state index is 0.0377. The predicted molar refractivity (Wildman–Crippen MR) is 91.6 cm³/mol. The lowest BCUT2D eigenvalue weighted by Crippen LogP contribution is -2.06. The number of ether oxygens (including phenoxy) is 2. The molecule has 1 N–H and O–H groups in total. The number of methoxy groups -OCH3 is 2. The maximum atomic E-state index is 10.7. The van der Waals surface area contributed by atoms with Crippen molar-refractivity contribution < 1.29 is 26.6 Å². The molecule has 2 rings (SSSR count). The number of benzene rings is 2. The van der Waals surface area contributed by atoms with Gasteiger partial charge < -0.3 is 13.7 Å². The van der Waals surface area contributed by atoms with Gasteiger partial charge in [0.25, 0.3) is 0 Å². The van der Waals surface area contributed by atoms with E-state index in [0.29, 0.717) is 28.2 Å². The van der Waals surface area contributed by atoms with Crippen molar-refractivity contribution in [1.29, 1.82) is 5.26 Å². The van der Waals surface area contributed by atoms with Gasteiger partial charge in [0, 0.05) is 0 Å². The largest absolute Gasteiger partial charge is 0.493 e. The van der Waals surface area contributed by atoms with Gasteiger partial charge in [0.05, 0.1) is 25.9 Å². The van der Waals surface area contributed by atoms with Crippen LogP contribution < -0.4 is 13.7 Å². The van der Waals surface area contributed by atoms with Crippen LogP contribution in [0, 0.1) is 11.3 Å². The van der Waals surface area contributed by atoms with Gasteiger partial charge in [-0.25, -0.2) is 0 Å². The molecule has 8 heteroatoms. The van der Waals surface area contributed by atoms with E-state index in [2.05, 4.69) is 10.3 Å². The summed E-state index contributed by atoms with van der Waals surface area (Å²) in [6, 6.07) is 13.1. The van der Waals surface area contributed by atoms with Crippen molar-refractivity contribution >= 4 is 22.0 Å². The normalized spacial score (nSPS) is 11.5. The van der Waals surface area contributed by atoms with Crippen molar-refractivity contribution in [2.45, 2.75) is 0 Å². The van der Waals surface area contributed by atoms with Crippen molar-refractivity contribution in [3.63, 3.8) is 0 Å². The Bertz CT molecular complexity index is 927. The summed E-state index contributed by atoms with van der Waals surface area (Å²) in [6.45, 7) is 0. The molecule has 130 valence electrons. The van der Waals surface area contributed by atoms with Crippen molar-refractivity contribution in [2.75, 3.05) is 14.2 Å². The summed E-state index contributed by atoms with van der Waals surface area (Å²) in [7, 11) is -1.54. The Morgan fingerprint density at radius 2 is 1.72 bits per heavy atom. The van der Waals surface area contributed by atoms with Gasteiger partial charge in [0.1, 0.15) is 5.75 Å². The molecule has 0 aromatic heterocycles. The minimum atomic E-state index is -4.57. The molecule has 0 aliphatic heterocycles. The minimum Gasteiger partial charge on any atom is -0.493 e. The zero-order valence-corrected chi connectivity index (χ0v) is 14.3. The van der Waals surface area contributed by atoms with Crippen molar-refractivity contribution in [1.82, 2.24) is 0 Å². The molecule has 2 aromatic carbocycles. The third kappa shape index (κ3) is 4.97. The van der Waals surface area contributed by atoms with Crippen LogP contribution in [0.1, 0.15) is 11.1 Å². The quantitative estimate of drug-likeness (QED) is 0.479. The van der Waals surface area contributed by atoms with Gasteiger partial charge in [-0.2, -0.15) is 13.7 Å². The summed E-state index contributed by atoms with van der Waals surface area (Å²) in [5.74, 6) is 1.01. The molecule has 0 atom stereocenters. The van der Waals surface area contributed by atoms with Crippen LogP contribution in [0.3, 0.4) is 0 Å². The fourth-order valence-electron chi connectivity index (χ4n) is 2.09. The zero-order valence-electron chi connectivity index (χ0n) is 13.5. The predicted octanol–water partition coefficient (Wildman–Crippen LogP) is 2.95. The van der Waals surface area contributed by atoms with Crippen LogP contribution in [0.25, 0.3) is 11.6 Å². The molecular weight excluding hydrogens is 346 g/mol. The van der Waals surface area contributed by atoms with E-state index < -0.39 is 10.4 Å². The Hall–Kier alpha value is -3.02. The number of nitriles is 1. The monoisotopic (exact) mass is 361 g/mol. The molecule has 2 aromatic rings. The number of rotatable bonds is 6. The molecule has 0 amide bonds. The Balaban J connectivity index is 2.33.